The average molecular weight is 268 g/mol. The Labute approximate surface area is 105 Å². The molecule has 0 heterocycles. The van der Waals surface area contributed by atoms with E-state index in [0.29, 0.717) is 5.56 Å². The van der Waals surface area contributed by atoms with Crippen LogP contribution < -0.4 is 4.72 Å². The Morgan fingerprint density at radius 3 is 2.39 bits per heavy atom. The molecule has 0 aliphatic heterocycles. The second kappa shape index (κ2) is 5.62. The fraction of sp³-hybridized carbons (Fsp3) is 0.273. The molecule has 0 saturated heterocycles. The topological polar surface area (TPSA) is 107 Å². The normalized spacial score (nSPS) is 12.7. The molecular formula is C11H12N2O4S. The summed E-state index contributed by atoms with van der Waals surface area (Å²) >= 11 is 0. The SMILES string of the molecule is CC[C@H](NS(=O)(=O)c1ccc(C#N)cc1)C(=O)O. The van der Waals surface area contributed by atoms with Crippen molar-refractivity contribution in [3.8, 4) is 6.07 Å². The lowest BCUT2D eigenvalue weighted by Gasteiger charge is -2.12. The van der Waals surface area contributed by atoms with E-state index in [-0.39, 0.29) is 11.3 Å². The van der Waals surface area contributed by atoms with Crippen molar-refractivity contribution in [2.75, 3.05) is 0 Å². The maximum Gasteiger partial charge on any atom is 0.321 e. The Morgan fingerprint density at radius 2 is 2.00 bits per heavy atom. The summed E-state index contributed by atoms with van der Waals surface area (Å²) in [5.74, 6) is -1.23. The van der Waals surface area contributed by atoms with Gasteiger partial charge < -0.3 is 5.11 Å². The van der Waals surface area contributed by atoms with Gasteiger partial charge in [0.2, 0.25) is 10.0 Å². The first kappa shape index (κ1) is 14.2. The summed E-state index contributed by atoms with van der Waals surface area (Å²) < 4.78 is 25.8. The molecule has 6 nitrogen and oxygen atoms in total. The number of nitriles is 1. The summed E-state index contributed by atoms with van der Waals surface area (Å²) in [5.41, 5.74) is 0.333. The van der Waals surface area contributed by atoms with Crippen molar-refractivity contribution in [3.05, 3.63) is 29.8 Å². The standard InChI is InChI=1S/C11H12N2O4S/c1-2-10(11(14)15)13-18(16,17)9-5-3-8(7-12)4-6-9/h3-6,10,13H,2H2,1H3,(H,14,15)/t10-/m0/s1. The van der Waals surface area contributed by atoms with Crippen LogP contribution in [0.1, 0.15) is 18.9 Å². The van der Waals surface area contributed by atoms with Gasteiger partial charge in [-0.25, -0.2) is 8.42 Å². The van der Waals surface area contributed by atoms with Gasteiger partial charge in [0, 0.05) is 0 Å². The van der Waals surface area contributed by atoms with Crippen LogP contribution >= 0.6 is 0 Å². The number of aliphatic carboxylic acids is 1. The number of hydrogen-bond acceptors (Lipinski definition) is 4. The van der Waals surface area contributed by atoms with Gasteiger partial charge in [-0.05, 0) is 30.7 Å². The van der Waals surface area contributed by atoms with Crippen LogP contribution in [0, 0.1) is 11.3 Å². The summed E-state index contributed by atoms with van der Waals surface area (Å²) in [5, 5.41) is 17.4. The van der Waals surface area contributed by atoms with Crippen molar-refractivity contribution in [2.45, 2.75) is 24.3 Å². The molecule has 0 unspecified atom stereocenters. The van der Waals surface area contributed by atoms with Crippen molar-refractivity contribution in [2.24, 2.45) is 0 Å². The molecule has 96 valence electrons. The van der Waals surface area contributed by atoms with Gasteiger partial charge in [-0.15, -0.1) is 0 Å². The molecule has 0 aromatic heterocycles. The second-order valence-corrected chi connectivity index (χ2v) is 5.27. The first-order valence-corrected chi connectivity index (χ1v) is 6.64. The van der Waals surface area contributed by atoms with E-state index in [2.05, 4.69) is 4.72 Å². The summed E-state index contributed by atoms with van der Waals surface area (Å²) in [7, 11) is -3.88. The van der Waals surface area contributed by atoms with E-state index >= 15 is 0 Å². The molecule has 0 aliphatic rings. The third kappa shape index (κ3) is 3.29. The van der Waals surface area contributed by atoms with E-state index < -0.39 is 22.0 Å². The van der Waals surface area contributed by atoms with E-state index in [4.69, 9.17) is 10.4 Å². The highest BCUT2D eigenvalue weighted by Gasteiger charge is 2.23. The summed E-state index contributed by atoms with van der Waals surface area (Å²) in [4.78, 5) is 10.7. The number of carboxylic acids is 1. The lowest BCUT2D eigenvalue weighted by Crippen LogP contribution is -2.40. The number of rotatable bonds is 5. The number of nitrogens with zero attached hydrogens (tertiary/aromatic N) is 1. The lowest BCUT2D eigenvalue weighted by atomic mass is 10.2. The number of benzene rings is 1. The molecule has 18 heavy (non-hydrogen) atoms. The fourth-order valence-electron chi connectivity index (χ4n) is 1.27. The zero-order valence-corrected chi connectivity index (χ0v) is 10.4. The van der Waals surface area contributed by atoms with E-state index in [0.717, 1.165) is 0 Å². The maximum atomic E-state index is 11.8. The monoisotopic (exact) mass is 268 g/mol. The zero-order valence-electron chi connectivity index (χ0n) is 9.62. The quantitative estimate of drug-likeness (QED) is 0.817. The van der Waals surface area contributed by atoms with Crippen molar-refractivity contribution in [1.82, 2.24) is 4.72 Å². The molecule has 0 amide bonds. The molecule has 1 aromatic carbocycles. The van der Waals surface area contributed by atoms with Crippen LogP contribution in [0.15, 0.2) is 29.2 Å². The van der Waals surface area contributed by atoms with E-state index in [1.54, 1.807) is 6.92 Å². The van der Waals surface area contributed by atoms with Crippen LogP contribution in [-0.4, -0.2) is 25.5 Å². The smallest absolute Gasteiger partial charge is 0.321 e. The van der Waals surface area contributed by atoms with Gasteiger partial charge in [0.05, 0.1) is 16.5 Å². The highest BCUT2D eigenvalue weighted by atomic mass is 32.2. The van der Waals surface area contributed by atoms with Gasteiger partial charge >= 0.3 is 5.97 Å². The Kier molecular flexibility index (Phi) is 4.42. The predicted molar refractivity (Wildman–Crippen MR) is 63.2 cm³/mol. The Morgan fingerprint density at radius 1 is 1.44 bits per heavy atom. The largest absolute Gasteiger partial charge is 0.480 e. The number of sulfonamides is 1. The van der Waals surface area contributed by atoms with Crippen molar-refractivity contribution >= 4 is 16.0 Å². The van der Waals surface area contributed by atoms with E-state index in [9.17, 15) is 13.2 Å². The Bertz CT molecular complexity index is 572. The Balaban J connectivity index is 2.99. The minimum Gasteiger partial charge on any atom is -0.480 e. The summed E-state index contributed by atoms with van der Waals surface area (Å²) in [6.45, 7) is 1.57. The number of nitrogens with one attached hydrogen (secondary N) is 1. The lowest BCUT2D eigenvalue weighted by molar-refractivity contribution is -0.139. The summed E-state index contributed by atoms with van der Waals surface area (Å²) in [6.07, 6.45) is 0.144. The first-order valence-electron chi connectivity index (χ1n) is 5.16. The van der Waals surface area contributed by atoms with Crippen LogP contribution in [0.25, 0.3) is 0 Å². The Hall–Kier alpha value is -1.91. The van der Waals surface area contributed by atoms with Crippen molar-refractivity contribution in [3.63, 3.8) is 0 Å². The van der Waals surface area contributed by atoms with Gasteiger partial charge in [0.25, 0.3) is 0 Å². The molecule has 2 N–H and O–H groups in total. The molecule has 0 aliphatic carbocycles. The van der Waals surface area contributed by atoms with Crippen LogP contribution in [-0.2, 0) is 14.8 Å². The number of carbonyl (C=O) groups is 1. The minimum absolute atomic E-state index is 0.0683. The molecule has 0 saturated carbocycles. The third-order valence-corrected chi connectivity index (χ3v) is 3.79. The number of hydrogen-bond donors (Lipinski definition) is 2. The molecular weight excluding hydrogens is 256 g/mol. The van der Waals surface area contributed by atoms with Gasteiger partial charge in [0.15, 0.2) is 0 Å². The molecule has 0 spiro atoms. The van der Waals surface area contributed by atoms with Crippen molar-refractivity contribution < 1.29 is 18.3 Å². The average Bonchev–Trinajstić information content (AvgIpc) is 2.35. The molecule has 1 rings (SSSR count). The second-order valence-electron chi connectivity index (χ2n) is 3.56. The first-order chi connectivity index (χ1) is 8.40. The van der Waals surface area contributed by atoms with Gasteiger partial charge in [-0.1, -0.05) is 6.92 Å². The molecule has 0 radical (unpaired) electrons. The van der Waals surface area contributed by atoms with Crippen LogP contribution in [0.3, 0.4) is 0 Å². The van der Waals surface area contributed by atoms with Gasteiger partial charge in [0.1, 0.15) is 6.04 Å². The molecule has 0 bridgehead atoms. The third-order valence-electron chi connectivity index (χ3n) is 2.30. The van der Waals surface area contributed by atoms with Gasteiger partial charge in [-0.3, -0.25) is 4.79 Å². The fourth-order valence-corrected chi connectivity index (χ4v) is 2.54. The number of carboxylic acid groups (broad SMARTS) is 1. The van der Waals surface area contributed by atoms with Gasteiger partial charge in [-0.2, -0.15) is 9.98 Å². The zero-order chi connectivity index (χ0) is 13.8. The maximum absolute atomic E-state index is 11.8. The van der Waals surface area contributed by atoms with Crippen LogP contribution in [0.2, 0.25) is 0 Å². The van der Waals surface area contributed by atoms with Crippen LogP contribution in [0.4, 0.5) is 0 Å². The van der Waals surface area contributed by atoms with Crippen LogP contribution in [0.5, 0.6) is 0 Å². The highest BCUT2D eigenvalue weighted by Crippen LogP contribution is 2.11. The summed E-state index contributed by atoms with van der Waals surface area (Å²) in [6, 6.07) is 5.94. The van der Waals surface area contributed by atoms with E-state index in [1.165, 1.54) is 24.3 Å². The van der Waals surface area contributed by atoms with E-state index in [1.807, 2.05) is 6.07 Å². The minimum atomic E-state index is -3.88. The molecule has 0 fully saturated rings. The van der Waals surface area contributed by atoms with Crippen molar-refractivity contribution in [1.29, 1.82) is 5.26 Å². The molecule has 7 heteroatoms. The molecule has 1 atom stereocenters. The highest BCUT2D eigenvalue weighted by molar-refractivity contribution is 7.89. The molecule has 1 aromatic rings. The predicted octanol–water partition coefficient (Wildman–Crippen LogP) is 0.700.